The first-order valence-corrected chi connectivity index (χ1v) is 6.89. The molecule has 3 N–H and O–H groups in total. The van der Waals surface area contributed by atoms with Crippen molar-refractivity contribution in [2.24, 2.45) is 5.73 Å². The minimum atomic E-state index is -3.05. The SMILES string of the molecule is NC1CC(NS(=O)(=O)C2CCCC2)C1. The summed E-state index contributed by atoms with van der Waals surface area (Å²) in [6.07, 6.45) is 5.35. The van der Waals surface area contributed by atoms with Crippen LogP contribution in [0.15, 0.2) is 0 Å². The summed E-state index contributed by atoms with van der Waals surface area (Å²) in [7, 11) is -3.05. The van der Waals surface area contributed by atoms with Crippen molar-refractivity contribution in [2.75, 3.05) is 0 Å². The highest BCUT2D eigenvalue weighted by Gasteiger charge is 2.34. The molecule has 2 rings (SSSR count). The summed E-state index contributed by atoms with van der Waals surface area (Å²) in [5.74, 6) is 0. The summed E-state index contributed by atoms with van der Waals surface area (Å²) >= 11 is 0. The summed E-state index contributed by atoms with van der Waals surface area (Å²) in [5.41, 5.74) is 5.61. The summed E-state index contributed by atoms with van der Waals surface area (Å²) in [4.78, 5) is 0. The lowest BCUT2D eigenvalue weighted by molar-refractivity contribution is 0.326. The molecule has 0 aromatic rings. The van der Waals surface area contributed by atoms with Crippen LogP contribution in [0.3, 0.4) is 0 Å². The van der Waals surface area contributed by atoms with E-state index in [0.717, 1.165) is 38.5 Å². The molecular formula is C9H18N2O2S. The molecule has 0 aliphatic heterocycles. The van der Waals surface area contributed by atoms with Crippen LogP contribution in [0.1, 0.15) is 38.5 Å². The Morgan fingerprint density at radius 3 is 2.21 bits per heavy atom. The predicted molar refractivity (Wildman–Crippen MR) is 55.3 cm³/mol. The second-order valence-corrected chi connectivity index (χ2v) is 6.49. The number of rotatable bonds is 3. The van der Waals surface area contributed by atoms with Gasteiger partial charge in [0.2, 0.25) is 10.0 Å². The number of nitrogens with two attached hydrogens (primary N) is 1. The Bertz CT molecular complexity index is 290. The first kappa shape index (κ1) is 10.4. The Morgan fingerprint density at radius 2 is 1.71 bits per heavy atom. The average molecular weight is 218 g/mol. The highest BCUT2D eigenvalue weighted by Crippen LogP contribution is 2.26. The third-order valence-corrected chi connectivity index (χ3v) is 5.26. The second kappa shape index (κ2) is 3.79. The zero-order valence-electron chi connectivity index (χ0n) is 8.28. The van der Waals surface area contributed by atoms with Crippen molar-refractivity contribution in [3.05, 3.63) is 0 Å². The molecule has 0 radical (unpaired) electrons. The van der Waals surface area contributed by atoms with Crippen molar-refractivity contribution in [3.8, 4) is 0 Å². The molecule has 5 heteroatoms. The molecule has 2 aliphatic carbocycles. The van der Waals surface area contributed by atoms with Crippen LogP contribution in [0.25, 0.3) is 0 Å². The number of hydrogen-bond acceptors (Lipinski definition) is 3. The van der Waals surface area contributed by atoms with Crippen LogP contribution in [0.5, 0.6) is 0 Å². The molecular weight excluding hydrogens is 200 g/mol. The lowest BCUT2D eigenvalue weighted by Gasteiger charge is -2.33. The van der Waals surface area contributed by atoms with E-state index in [-0.39, 0.29) is 17.3 Å². The summed E-state index contributed by atoms with van der Waals surface area (Å²) in [6, 6.07) is 0.307. The Labute approximate surface area is 85.3 Å². The van der Waals surface area contributed by atoms with Crippen molar-refractivity contribution in [2.45, 2.75) is 55.9 Å². The van der Waals surface area contributed by atoms with E-state index in [2.05, 4.69) is 4.72 Å². The third-order valence-electron chi connectivity index (χ3n) is 3.25. The minimum Gasteiger partial charge on any atom is -0.328 e. The van der Waals surface area contributed by atoms with Gasteiger partial charge >= 0.3 is 0 Å². The molecule has 82 valence electrons. The maximum atomic E-state index is 11.8. The zero-order chi connectivity index (χ0) is 10.2. The Kier molecular flexibility index (Phi) is 2.81. The summed E-state index contributed by atoms with van der Waals surface area (Å²) < 4.78 is 26.3. The number of hydrogen-bond donors (Lipinski definition) is 2. The van der Waals surface area contributed by atoms with E-state index < -0.39 is 10.0 Å². The van der Waals surface area contributed by atoms with Gasteiger partial charge in [-0.2, -0.15) is 0 Å². The van der Waals surface area contributed by atoms with E-state index in [9.17, 15) is 8.42 Å². The third kappa shape index (κ3) is 2.10. The van der Waals surface area contributed by atoms with Crippen LogP contribution in [-0.4, -0.2) is 25.8 Å². The largest absolute Gasteiger partial charge is 0.328 e. The molecule has 0 unspecified atom stereocenters. The van der Waals surface area contributed by atoms with Crippen LogP contribution in [0, 0.1) is 0 Å². The number of nitrogens with one attached hydrogen (secondary N) is 1. The van der Waals surface area contributed by atoms with E-state index >= 15 is 0 Å². The average Bonchev–Trinajstić information content (AvgIpc) is 2.52. The van der Waals surface area contributed by atoms with E-state index in [0.29, 0.717) is 0 Å². The van der Waals surface area contributed by atoms with Gasteiger partial charge < -0.3 is 5.73 Å². The van der Waals surface area contributed by atoms with E-state index in [1.54, 1.807) is 0 Å². The molecule has 2 saturated carbocycles. The fraction of sp³-hybridized carbons (Fsp3) is 1.00. The zero-order valence-corrected chi connectivity index (χ0v) is 9.09. The van der Waals surface area contributed by atoms with Crippen LogP contribution in [-0.2, 0) is 10.0 Å². The molecule has 0 spiro atoms. The van der Waals surface area contributed by atoms with Crippen LogP contribution >= 0.6 is 0 Å². The predicted octanol–water partition coefficient (Wildman–Crippen LogP) is 0.338. The maximum Gasteiger partial charge on any atom is 0.214 e. The van der Waals surface area contributed by atoms with Gasteiger partial charge in [0.05, 0.1) is 5.25 Å². The molecule has 0 atom stereocenters. The van der Waals surface area contributed by atoms with Gasteiger partial charge in [0.1, 0.15) is 0 Å². The molecule has 4 nitrogen and oxygen atoms in total. The monoisotopic (exact) mass is 218 g/mol. The van der Waals surface area contributed by atoms with Crippen LogP contribution < -0.4 is 10.5 Å². The smallest absolute Gasteiger partial charge is 0.214 e. The Morgan fingerprint density at radius 1 is 1.14 bits per heavy atom. The Balaban J connectivity index is 1.89. The standard InChI is InChI=1S/C9H18N2O2S/c10-7-5-8(6-7)11-14(12,13)9-3-1-2-4-9/h7-9,11H,1-6,10H2. The van der Waals surface area contributed by atoms with E-state index in [1.807, 2.05) is 0 Å². The van der Waals surface area contributed by atoms with Crippen molar-refractivity contribution in [1.82, 2.24) is 4.72 Å². The number of sulfonamides is 1. The highest BCUT2D eigenvalue weighted by molar-refractivity contribution is 7.90. The van der Waals surface area contributed by atoms with Gasteiger partial charge in [0.15, 0.2) is 0 Å². The highest BCUT2D eigenvalue weighted by atomic mass is 32.2. The van der Waals surface area contributed by atoms with Gasteiger partial charge in [-0.05, 0) is 25.7 Å². The van der Waals surface area contributed by atoms with Gasteiger partial charge in [-0.15, -0.1) is 0 Å². The lowest BCUT2D eigenvalue weighted by atomic mass is 9.89. The van der Waals surface area contributed by atoms with Crippen molar-refractivity contribution >= 4 is 10.0 Å². The molecule has 0 aromatic carbocycles. The van der Waals surface area contributed by atoms with Gasteiger partial charge in [0.25, 0.3) is 0 Å². The van der Waals surface area contributed by atoms with E-state index in [1.165, 1.54) is 0 Å². The fourth-order valence-electron chi connectivity index (χ4n) is 2.29. The van der Waals surface area contributed by atoms with Gasteiger partial charge in [-0.1, -0.05) is 12.8 Å². The first-order chi connectivity index (χ1) is 6.58. The quantitative estimate of drug-likeness (QED) is 0.717. The summed E-state index contributed by atoms with van der Waals surface area (Å²) in [5, 5.41) is -0.140. The van der Waals surface area contributed by atoms with Crippen LogP contribution in [0.2, 0.25) is 0 Å². The molecule has 0 bridgehead atoms. The van der Waals surface area contributed by atoms with Gasteiger partial charge in [0, 0.05) is 12.1 Å². The van der Waals surface area contributed by atoms with Gasteiger partial charge in [-0.3, -0.25) is 0 Å². The fourth-order valence-corrected chi connectivity index (χ4v) is 4.09. The van der Waals surface area contributed by atoms with Crippen LogP contribution in [0.4, 0.5) is 0 Å². The Hall–Kier alpha value is -0.130. The second-order valence-electron chi connectivity index (χ2n) is 4.50. The molecule has 0 heterocycles. The maximum absolute atomic E-state index is 11.8. The first-order valence-electron chi connectivity index (χ1n) is 5.34. The minimum absolute atomic E-state index is 0.107. The normalized spacial score (nSPS) is 34.4. The van der Waals surface area contributed by atoms with Gasteiger partial charge in [-0.25, -0.2) is 13.1 Å². The molecule has 0 aromatic heterocycles. The molecule has 0 saturated heterocycles. The molecule has 2 fully saturated rings. The summed E-state index contributed by atoms with van der Waals surface area (Å²) in [6.45, 7) is 0. The molecule has 2 aliphatic rings. The van der Waals surface area contributed by atoms with Crippen molar-refractivity contribution in [3.63, 3.8) is 0 Å². The van der Waals surface area contributed by atoms with Crippen molar-refractivity contribution < 1.29 is 8.42 Å². The van der Waals surface area contributed by atoms with E-state index in [4.69, 9.17) is 5.73 Å². The molecule has 14 heavy (non-hydrogen) atoms. The lowest BCUT2D eigenvalue weighted by Crippen LogP contribution is -2.51. The molecule has 0 amide bonds. The topological polar surface area (TPSA) is 72.2 Å². The van der Waals surface area contributed by atoms with Crippen molar-refractivity contribution in [1.29, 1.82) is 0 Å².